The Morgan fingerprint density at radius 2 is 2.03 bits per heavy atom. The lowest BCUT2D eigenvalue weighted by Crippen LogP contribution is -2.39. The number of rotatable bonds is 5. The number of amides is 1. The molecule has 1 saturated heterocycles. The number of likely N-dealkylation sites (tertiary alicyclic amines) is 1. The number of alkyl halides is 3. The Labute approximate surface area is 176 Å². The van der Waals surface area contributed by atoms with E-state index in [-0.39, 0.29) is 35.8 Å². The van der Waals surface area contributed by atoms with Crippen LogP contribution in [-0.4, -0.2) is 27.5 Å². The number of pyridine rings is 1. The summed E-state index contributed by atoms with van der Waals surface area (Å²) >= 11 is 0. The maximum atomic E-state index is 13.0. The van der Waals surface area contributed by atoms with E-state index in [9.17, 15) is 18.0 Å². The molecule has 0 spiro atoms. The van der Waals surface area contributed by atoms with Crippen molar-refractivity contribution in [3.63, 3.8) is 0 Å². The Balaban J connectivity index is 1.44. The average Bonchev–Trinajstić information content (AvgIpc) is 3.26. The molecular formula is C22H20F3N3O3. The maximum absolute atomic E-state index is 13.0. The summed E-state index contributed by atoms with van der Waals surface area (Å²) in [4.78, 5) is 19.2. The molecule has 3 aromatic rings. The van der Waals surface area contributed by atoms with Crippen molar-refractivity contribution in [1.82, 2.24) is 15.0 Å². The second-order valence-electron chi connectivity index (χ2n) is 7.26. The van der Waals surface area contributed by atoms with Gasteiger partial charge in [-0.25, -0.2) is 0 Å². The van der Waals surface area contributed by atoms with Gasteiger partial charge in [-0.2, -0.15) is 13.2 Å². The highest BCUT2D eigenvalue weighted by Gasteiger charge is 2.32. The summed E-state index contributed by atoms with van der Waals surface area (Å²) < 4.78 is 49.0. The molecule has 0 N–H and O–H groups in total. The van der Waals surface area contributed by atoms with E-state index in [1.807, 2.05) is 18.2 Å². The van der Waals surface area contributed by atoms with Crippen molar-refractivity contribution in [2.24, 2.45) is 0 Å². The Morgan fingerprint density at radius 1 is 1.16 bits per heavy atom. The zero-order valence-corrected chi connectivity index (χ0v) is 16.5. The van der Waals surface area contributed by atoms with Crippen LogP contribution in [0, 0.1) is 0 Å². The van der Waals surface area contributed by atoms with E-state index in [0.717, 1.165) is 37.1 Å². The fraction of sp³-hybridized carbons (Fsp3) is 0.318. The lowest BCUT2D eigenvalue weighted by Gasteiger charge is -2.34. The van der Waals surface area contributed by atoms with Crippen LogP contribution in [0.4, 0.5) is 13.2 Å². The highest BCUT2D eigenvalue weighted by molar-refractivity contribution is 5.92. The second kappa shape index (κ2) is 8.79. The summed E-state index contributed by atoms with van der Waals surface area (Å²) in [7, 11) is 0. The molecule has 6 nitrogen and oxygen atoms in total. The summed E-state index contributed by atoms with van der Waals surface area (Å²) in [6, 6.07) is 11.5. The number of aromatic nitrogens is 2. The van der Waals surface area contributed by atoms with Crippen molar-refractivity contribution in [2.45, 2.75) is 38.1 Å². The molecule has 3 heterocycles. The summed E-state index contributed by atoms with van der Waals surface area (Å²) in [5, 5.41) is 3.84. The van der Waals surface area contributed by atoms with Crippen LogP contribution in [0.15, 0.2) is 59.3 Å². The molecule has 1 aliphatic heterocycles. The van der Waals surface area contributed by atoms with Crippen LogP contribution >= 0.6 is 0 Å². The van der Waals surface area contributed by atoms with Gasteiger partial charge in [-0.15, -0.1) is 0 Å². The molecule has 4 rings (SSSR count). The fourth-order valence-electron chi connectivity index (χ4n) is 3.60. The van der Waals surface area contributed by atoms with Gasteiger partial charge in [0.1, 0.15) is 12.4 Å². The number of nitrogens with zero attached hydrogens (tertiary/aromatic N) is 3. The van der Waals surface area contributed by atoms with Crippen LogP contribution in [0.25, 0.3) is 0 Å². The van der Waals surface area contributed by atoms with Crippen molar-refractivity contribution in [3.8, 4) is 5.75 Å². The summed E-state index contributed by atoms with van der Waals surface area (Å²) in [5.74, 6) is 0.0157. The third kappa shape index (κ3) is 4.87. The minimum atomic E-state index is -4.45. The molecule has 1 amide bonds. The zero-order valence-electron chi connectivity index (χ0n) is 16.5. The number of ether oxygens (including phenoxy) is 1. The molecule has 2 aromatic heterocycles. The Hall–Kier alpha value is -3.36. The molecule has 9 heteroatoms. The summed E-state index contributed by atoms with van der Waals surface area (Å²) in [5.41, 5.74) is 0.154. The zero-order chi connectivity index (χ0) is 21.8. The maximum Gasteiger partial charge on any atom is 0.416 e. The lowest BCUT2D eigenvalue weighted by atomic mass is 9.98. The van der Waals surface area contributed by atoms with Gasteiger partial charge in [-0.1, -0.05) is 17.3 Å². The number of hydrogen-bond donors (Lipinski definition) is 0. The van der Waals surface area contributed by atoms with E-state index in [1.165, 1.54) is 18.2 Å². The van der Waals surface area contributed by atoms with E-state index in [4.69, 9.17) is 9.26 Å². The van der Waals surface area contributed by atoms with Crippen molar-refractivity contribution in [3.05, 3.63) is 77.4 Å². The SMILES string of the molecule is O=C(c1cc(COc2cccc(C(F)(F)F)c2)on1)N1CCCCC1c1ccccn1. The van der Waals surface area contributed by atoms with Gasteiger partial charge in [-0.05, 0) is 49.6 Å². The number of piperidine rings is 1. The van der Waals surface area contributed by atoms with E-state index >= 15 is 0 Å². The van der Waals surface area contributed by atoms with E-state index < -0.39 is 11.7 Å². The van der Waals surface area contributed by atoms with Crippen LogP contribution in [-0.2, 0) is 12.8 Å². The van der Waals surface area contributed by atoms with Gasteiger partial charge in [0.2, 0.25) is 0 Å². The first kappa shape index (κ1) is 20.9. The standard InChI is InChI=1S/C22H20F3N3O3/c23-22(24,25)15-6-5-7-16(12-15)30-14-17-13-19(27-31-17)21(29)28-11-4-2-9-20(28)18-8-1-3-10-26-18/h1,3,5-8,10,12-13,20H,2,4,9,11,14H2. The molecule has 1 fully saturated rings. The highest BCUT2D eigenvalue weighted by Crippen LogP contribution is 2.32. The smallest absolute Gasteiger partial charge is 0.416 e. The van der Waals surface area contributed by atoms with E-state index in [1.54, 1.807) is 11.1 Å². The Morgan fingerprint density at radius 3 is 2.81 bits per heavy atom. The number of hydrogen-bond acceptors (Lipinski definition) is 5. The fourth-order valence-corrected chi connectivity index (χ4v) is 3.60. The molecular weight excluding hydrogens is 411 g/mol. The normalized spacial score (nSPS) is 16.9. The van der Waals surface area contributed by atoms with Gasteiger partial charge in [0.15, 0.2) is 11.5 Å². The van der Waals surface area contributed by atoms with Gasteiger partial charge in [0, 0.05) is 18.8 Å². The first-order valence-electron chi connectivity index (χ1n) is 9.89. The Kier molecular flexibility index (Phi) is 5.92. The molecule has 1 atom stereocenters. The number of benzene rings is 1. The predicted molar refractivity (Wildman–Crippen MR) is 104 cm³/mol. The van der Waals surface area contributed by atoms with Gasteiger partial charge < -0.3 is 14.2 Å². The van der Waals surface area contributed by atoms with Gasteiger partial charge >= 0.3 is 6.18 Å². The predicted octanol–water partition coefficient (Wildman–Crippen LogP) is 5.03. The third-order valence-corrected chi connectivity index (χ3v) is 5.11. The number of halogens is 3. The quantitative estimate of drug-likeness (QED) is 0.567. The van der Waals surface area contributed by atoms with Crippen molar-refractivity contribution < 1.29 is 27.2 Å². The first-order chi connectivity index (χ1) is 14.9. The molecule has 1 aromatic carbocycles. The van der Waals surface area contributed by atoms with Crippen molar-refractivity contribution >= 4 is 5.91 Å². The first-order valence-corrected chi connectivity index (χ1v) is 9.89. The molecule has 162 valence electrons. The van der Waals surface area contributed by atoms with Crippen LogP contribution in [0.3, 0.4) is 0 Å². The van der Waals surface area contributed by atoms with E-state index in [0.29, 0.717) is 6.54 Å². The van der Waals surface area contributed by atoms with Crippen molar-refractivity contribution in [2.75, 3.05) is 6.54 Å². The number of carbonyl (C=O) groups excluding carboxylic acids is 1. The molecule has 0 saturated carbocycles. The molecule has 31 heavy (non-hydrogen) atoms. The minimum absolute atomic E-state index is 0.0466. The summed E-state index contributed by atoms with van der Waals surface area (Å²) in [6.07, 6.45) is -0.0554. The molecule has 0 bridgehead atoms. The molecule has 1 unspecified atom stereocenters. The molecule has 0 aliphatic carbocycles. The molecule has 1 aliphatic rings. The van der Waals surface area contributed by atoms with Crippen LogP contribution in [0.2, 0.25) is 0 Å². The largest absolute Gasteiger partial charge is 0.486 e. The number of carbonyl (C=O) groups is 1. The van der Waals surface area contributed by atoms with Gasteiger partial charge in [0.25, 0.3) is 5.91 Å². The minimum Gasteiger partial charge on any atom is -0.486 e. The van der Waals surface area contributed by atoms with Gasteiger partial charge in [0.05, 0.1) is 17.3 Å². The monoisotopic (exact) mass is 431 g/mol. The topological polar surface area (TPSA) is 68.5 Å². The lowest BCUT2D eigenvalue weighted by molar-refractivity contribution is -0.137. The summed E-state index contributed by atoms with van der Waals surface area (Å²) in [6.45, 7) is 0.439. The molecule has 0 radical (unpaired) electrons. The van der Waals surface area contributed by atoms with Crippen LogP contribution < -0.4 is 4.74 Å². The van der Waals surface area contributed by atoms with Crippen LogP contribution in [0.5, 0.6) is 5.75 Å². The average molecular weight is 431 g/mol. The van der Waals surface area contributed by atoms with Gasteiger partial charge in [-0.3, -0.25) is 9.78 Å². The van der Waals surface area contributed by atoms with Crippen LogP contribution in [0.1, 0.15) is 52.8 Å². The van der Waals surface area contributed by atoms with Crippen molar-refractivity contribution in [1.29, 1.82) is 0 Å². The second-order valence-corrected chi connectivity index (χ2v) is 7.26. The third-order valence-electron chi connectivity index (χ3n) is 5.11. The highest BCUT2D eigenvalue weighted by atomic mass is 19.4. The van der Waals surface area contributed by atoms with E-state index in [2.05, 4.69) is 10.1 Å². The Bertz CT molecular complexity index is 1040.